The monoisotopic (exact) mass is 424 g/mol. The molecule has 2 aliphatic rings. The van der Waals surface area contributed by atoms with Crippen LogP contribution >= 0.6 is 11.6 Å². The molecule has 0 aliphatic carbocycles. The van der Waals surface area contributed by atoms with E-state index in [1.807, 2.05) is 68.4 Å². The first kappa shape index (κ1) is 20.4. The van der Waals surface area contributed by atoms with E-state index in [-0.39, 0.29) is 30.4 Å². The van der Waals surface area contributed by atoms with Gasteiger partial charge in [-0.2, -0.15) is 0 Å². The highest BCUT2D eigenvalue weighted by molar-refractivity contribution is 6.30. The lowest BCUT2D eigenvalue weighted by Crippen LogP contribution is -2.49. The van der Waals surface area contributed by atoms with Gasteiger partial charge >= 0.3 is 0 Å². The molecule has 2 unspecified atom stereocenters. The lowest BCUT2D eigenvalue weighted by atomic mass is 10.0. The number of carbonyl (C=O) groups is 2. The van der Waals surface area contributed by atoms with E-state index in [1.165, 1.54) is 4.90 Å². The highest BCUT2D eigenvalue weighted by Gasteiger charge is 2.40. The zero-order valence-electron chi connectivity index (χ0n) is 17.3. The Balaban J connectivity index is 1.42. The summed E-state index contributed by atoms with van der Waals surface area (Å²) in [5.41, 5.74) is 8.41. The van der Waals surface area contributed by atoms with E-state index in [9.17, 15) is 9.59 Å². The molecule has 6 nitrogen and oxygen atoms in total. The van der Waals surface area contributed by atoms with Gasteiger partial charge in [0, 0.05) is 23.1 Å². The molecule has 2 heterocycles. The zero-order valence-corrected chi connectivity index (χ0v) is 18.0. The quantitative estimate of drug-likeness (QED) is 0.782. The molecule has 0 bridgehead atoms. The van der Waals surface area contributed by atoms with E-state index < -0.39 is 0 Å². The van der Waals surface area contributed by atoms with Gasteiger partial charge in [-0.05, 0) is 56.0 Å². The number of anilines is 1. The Hall–Kier alpha value is -2.83. The number of nitrogens with zero attached hydrogens (tertiary/aromatic N) is 2. The molecule has 0 saturated carbocycles. The summed E-state index contributed by atoms with van der Waals surface area (Å²) in [5, 5.41) is 5.47. The third kappa shape index (κ3) is 4.06. The molecule has 2 amide bonds. The van der Waals surface area contributed by atoms with Crippen molar-refractivity contribution in [3.8, 4) is 0 Å². The number of hydrazine groups is 1. The van der Waals surface area contributed by atoms with Gasteiger partial charge in [0.2, 0.25) is 5.91 Å². The fourth-order valence-electron chi connectivity index (χ4n) is 4.19. The summed E-state index contributed by atoms with van der Waals surface area (Å²) in [6.45, 7) is 5.96. The summed E-state index contributed by atoms with van der Waals surface area (Å²) in [6.07, 6.45) is 4.10. The number of halogens is 1. The van der Waals surface area contributed by atoms with E-state index in [0.29, 0.717) is 11.4 Å². The summed E-state index contributed by atoms with van der Waals surface area (Å²) >= 11 is 5.98. The van der Waals surface area contributed by atoms with Crippen LogP contribution in [-0.4, -0.2) is 34.3 Å². The molecule has 0 aromatic heterocycles. The highest BCUT2D eigenvalue weighted by atomic mass is 35.5. The SMILES string of the molecule is Cc1cc(C)c(NC(=O)CN2C=CN3NC(c4ccc(Cl)cc4)CC3C2=O)c(C)c1. The molecule has 156 valence electrons. The Bertz CT molecular complexity index is 995. The second-order valence-corrected chi connectivity index (χ2v) is 8.41. The normalized spacial score (nSPS) is 20.5. The lowest BCUT2D eigenvalue weighted by Gasteiger charge is -2.31. The molecule has 1 saturated heterocycles. The van der Waals surface area contributed by atoms with Crippen molar-refractivity contribution >= 4 is 29.1 Å². The van der Waals surface area contributed by atoms with Gasteiger partial charge in [-0.15, -0.1) is 0 Å². The number of rotatable bonds is 4. The van der Waals surface area contributed by atoms with Gasteiger partial charge < -0.3 is 15.2 Å². The van der Waals surface area contributed by atoms with E-state index in [2.05, 4.69) is 10.7 Å². The Morgan fingerprint density at radius 2 is 1.80 bits per heavy atom. The molecule has 1 fully saturated rings. The second kappa shape index (κ2) is 8.13. The van der Waals surface area contributed by atoms with Crippen LogP contribution in [0, 0.1) is 20.8 Å². The maximum Gasteiger partial charge on any atom is 0.251 e. The summed E-state index contributed by atoms with van der Waals surface area (Å²) in [6, 6.07) is 11.4. The Morgan fingerprint density at radius 3 is 2.47 bits per heavy atom. The number of hydrogen-bond acceptors (Lipinski definition) is 4. The molecule has 30 heavy (non-hydrogen) atoms. The fraction of sp³-hybridized carbons (Fsp3) is 0.304. The lowest BCUT2D eigenvalue weighted by molar-refractivity contribution is -0.137. The Morgan fingerprint density at radius 1 is 1.13 bits per heavy atom. The van der Waals surface area contributed by atoms with Crippen molar-refractivity contribution in [1.82, 2.24) is 15.3 Å². The van der Waals surface area contributed by atoms with Crippen LogP contribution in [0.1, 0.15) is 34.7 Å². The van der Waals surface area contributed by atoms with Crippen molar-refractivity contribution < 1.29 is 9.59 Å². The predicted octanol–water partition coefficient (Wildman–Crippen LogP) is 3.84. The first-order chi connectivity index (χ1) is 14.3. The number of aryl methyl sites for hydroxylation is 3. The highest BCUT2D eigenvalue weighted by Crippen LogP contribution is 2.31. The molecule has 0 radical (unpaired) electrons. The first-order valence-electron chi connectivity index (χ1n) is 9.98. The molecule has 2 aromatic rings. The number of fused-ring (bicyclic) bond motifs is 1. The van der Waals surface area contributed by atoms with Gasteiger partial charge in [-0.25, -0.2) is 5.43 Å². The van der Waals surface area contributed by atoms with Crippen LogP contribution in [0.25, 0.3) is 0 Å². The minimum Gasteiger partial charge on any atom is -0.324 e. The number of carbonyl (C=O) groups excluding carboxylic acids is 2. The molecule has 4 rings (SSSR count). The standard InChI is InChI=1S/C23H25ClN4O2/c1-14-10-15(2)22(16(3)11-14)25-21(29)13-27-8-9-28-20(23(27)30)12-19(26-28)17-4-6-18(24)7-5-17/h4-11,19-20,26H,12-13H2,1-3H3,(H,25,29). The largest absolute Gasteiger partial charge is 0.324 e. The third-order valence-electron chi connectivity index (χ3n) is 5.60. The number of hydrogen-bond donors (Lipinski definition) is 2. The predicted molar refractivity (Wildman–Crippen MR) is 118 cm³/mol. The smallest absolute Gasteiger partial charge is 0.251 e. The van der Waals surface area contributed by atoms with Gasteiger partial charge in [-0.1, -0.05) is 41.4 Å². The van der Waals surface area contributed by atoms with Crippen LogP contribution in [0.5, 0.6) is 0 Å². The minimum atomic E-state index is -0.341. The molecule has 2 aromatic carbocycles. The Kier molecular flexibility index (Phi) is 5.54. The number of nitrogens with one attached hydrogen (secondary N) is 2. The molecular weight excluding hydrogens is 400 g/mol. The molecular formula is C23H25ClN4O2. The van der Waals surface area contributed by atoms with Crippen molar-refractivity contribution in [1.29, 1.82) is 0 Å². The van der Waals surface area contributed by atoms with E-state index in [0.717, 1.165) is 27.9 Å². The van der Waals surface area contributed by atoms with Crippen molar-refractivity contribution in [3.05, 3.63) is 76.1 Å². The topological polar surface area (TPSA) is 64.7 Å². The van der Waals surface area contributed by atoms with E-state index in [1.54, 1.807) is 6.20 Å². The van der Waals surface area contributed by atoms with E-state index >= 15 is 0 Å². The molecule has 0 spiro atoms. The van der Waals surface area contributed by atoms with Crippen LogP contribution < -0.4 is 10.7 Å². The third-order valence-corrected chi connectivity index (χ3v) is 5.85. The van der Waals surface area contributed by atoms with Gasteiger partial charge in [0.25, 0.3) is 5.91 Å². The average molecular weight is 425 g/mol. The van der Waals surface area contributed by atoms with Crippen molar-refractivity contribution in [3.63, 3.8) is 0 Å². The maximum atomic E-state index is 13.0. The number of amides is 2. The zero-order chi connectivity index (χ0) is 21.4. The molecule has 7 heteroatoms. The maximum absolute atomic E-state index is 13.0. The second-order valence-electron chi connectivity index (χ2n) is 7.98. The van der Waals surface area contributed by atoms with Crippen molar-refractivity contribution in [2.45, 2.75) is 39.3 Å². The molecule has 2 N–H and O–H groups in total. The molecule has 2 aliphatic heterocycles. The van der Waals surface area contributed by atoms with Crippen LogP contribution in [0.4, 0.5) is 5.69 Å². The summed E-state index contributed by atoms with van der Waals surface area (Å²) in [7, 11) is 0. The van der Waals surface area contributed by atoms with Crippen LogP contribution in [0.3, 0.4) is 0 Å². The minimum absolute atomic E-state index is 0.0158. The molecule has 2 atom stereocenters. The van der Waals surface area contributed by atoms with Crippen LogP contribution in [0.2, 0.25) is 5.02 Å². The van der Waals surface area contributed by atoms with Gasteiger partial charge in [0.05, 0.1) is 6.04 Å². The Labute approximate surface area is 181 Å². The van der Waals surface area contributed by atoms with Crippen molar-refractivity contribution in [2.75, 3.05) is 11.9 Å². The van der Waals surface area contributed by atoms with Crippen LogP contribution in [-0.2, 0) is 9.59 Å². The summed E-state index contributed by atoms with van der Waals surface area (Å²) < 4.78 is 0. The van der Waals surface area contributed by atoms with Gasteiger partial charge in [-0.3, -0.25) is 9.59 Å². The van der Waals surface area contributed by atoms with Gasteiger partial charge in [0.15, 0.2) is 0 Å². The van der Waals surface area contributed by atoms with Gasteiger partial charge in [0.1, 0.15) is 12.6 Å². The summed E-state index contributed by atoms with van der Waals surface area (Å²) in [5.74, 6) is -0.300. The summed E-state index contributed by atoms with van der Waals surface area (Å²) in [4.78, 5) is 27.1. The fourth-order valence-corrected chi connectivity index (χ4v) is 4.32. The van der Waals surface area contributed by atoms with Crippen molar-refractivity contribution in [2.24, 2.45) is 0 Å². The number of benzene rings is 2. The average Bonchev–Trinajstić information content (AvgIpc) is 3.12. The first-order valence-corrected chi connectivity index (χ1v) is 10.4. The van der Waals surface area contributed by atoms with Crippen LogP contribution in [0.15, 0.2) is 48.8 Å². The van der Waals surface area contributed by atoms with E-state index in [4.69, 9.17) is 11.6 Å².